The van der Waals surface area contributed by atoms with Gasteiger partial charge in [-0.2, -0.15) is 4.98 Å². The zero-order valence-electron chi connectivity index (χ0n) is 11.6. The molecule has 1 fully saturated rings. The number of pyridine rings is 1. The maximum Gasteiger partial charge on any atom is 0.243 e. The van der Waals surface area contributed by atoms with Gasteiger partial charge in [-0.15, -0.1) is 5.10 Å². The Morgan fingerprint density at radius 3 is 2.89 bits per heavy atom. The van der Waals surface area contributed by atoms with Crippen molar-refractivity contribution >= 4 is 11.6 Å². The first kappa shape index (κ1) is 12.4. The first-order chi connectivity index (χ1) is 9.24. The van der Waals surface area contributed by atoms with Crippen molar-refractivity contribution in [2.75, 3.05) is 25.0 Å². The molecule has 3 heterocycles. The Morgan fingerprint density at radius 2 is 2.16 bits per heavy atom. The molecule has 0 atom stereocenters. The summed E-state index contributed by atoms with van der Waals surface area (Å²) >= 11 is 0. The SMILES string of the molecule is CCN1CCC(Nc2nc3cc(C)ccn3n2)CC1. The minimum atomic E-state index is 0.501. The van der Waals surface area contributed by atoms with E-state index in [2.05, 4.69) is 40.2 Å². The molecule has 0 radical (unpaired) electrons. The Hall–Kier alpha value is -1.62. The van der Waals surface area contributed by atoms with Crippen molar-refractivity contribution in [1.82, 2.24) is 19.5 Å². The fourth-order valence-electron chi connectivity index (χ4n) is 2.62. The molecule has 5 heteroatoms. The van der Waals surface area contributed by atoms with E-state index in [1.165, 1.54) is 31.5 Å². The molecule has 0 aromatic carbocycles. The third-order valence-corrected chi connectivity index (χ3v) is 3.86. The van der Waals surface area contributed by atoms with E-state index in [9.17, 15) is 0 Å². The molecule has 1 aliphatic rings. The lowest BCUT2D eigenvalue weighted by Crippen LogP contribution is -2.39. The standard InChI is InChI=1S/C14H21N5/c1-3-18-7-5-12(6-8-18)15-14-16-13-10-11(2)4-9-19(13)17-14/h4,9-10,12H,3,5-8H2,1-2H3,(H,15,17). The molecule has 0 unspecified atom stereocenters. The van der Waals surface area contributed by atoms with E-state index in [0.29, 0.717) is 6.04 Å². The van der Waals surface area contributed by atoms with Crippen LogP contribution in [0.25, 0.3) is 5.65 Å². The quantitative estimate of drug-likeness (QED) is 0.915. The van der Waals surface area contributed by atoms with Crippen molar-refractivity contribution in [3.63, 3.8) is 0 Å². The summed E-state index contributed by atoms with van der Waals surface area (Å²) in [6.45, 7) is 7.78. The van der Waals surface area contributed by atoms with Crippen LogP contribution < -0.4 is 5.32 Å². The Bertz CT molecular complexity index is 554. The zero-order valence-corrected chi connectivity index (χ0v) is 11.6. The summed E-state index contributed by atoms with van der Waals surface area (Å²) in [6, 6.07) is 4.60. The predicted molar refractivity (Wildman–Crippen MR) is 76.5 cm³/mol. The van der Waals surface area contributed by atoms with Crippen LogP contribution in [-0.4, -0.2) is 45.2 Å². The number of anilines is 1. The minimum absolute atomic E-state index is 0.501. The minimum Gasteiger partial charge on any atom is -0.350 e. The van der Waals surface area contributed by atoms with Crippen LogP contribution in [0.5, 0.6) is 0 Å². The summed E-state index contributed by atoms with van der Waals surface area (Å²) in [5.41, 5.74) is 2.12. The van der Waals surface area contributed by atoms with E-state index >= 15 is 0 Å². The average Bonchev–Trinajstić information content (AvgIpc) is 2.81. The van der Waals surface area contributed by atoms with Crippen molar-refractivity contribution in [2.45, 2.75) is 32.7 Å². The van der Waals surface area contributed by atoms with Crippen LogP contribution in [-0.2, 0) is 0 Å². The molecule has 0 amide bonds. The maximum atomic E-state index is 4.53. The summed E-state index contributed by atoms with van der Waals surface area (Å²) in [5.74, 6) is 0.751. The van der Waals surface area contributed by atoms with Gasteiger partial charge in [0.25, 0.3) is 0 Å². The molecule has 102 valence electrons. The van der Waals surface area contributed by atoms with Crippen LogP contribution in [0.15, 0.2) is 18.3 Å². The fourth-order valence-corrected chi connectivity index (χ4v) is 2.62. The first-order valence-corrected chi connectivity index (χ1v) is 7.06. The Kier molecular flexibility index (Phi) is 3.38. The second kappa shape index (κ2) is 5.17. The predicted octanol–water partition coefficient (Wildman–Crippen LogP) is 1.93. The summed E-state index contributed by atoms with van der Waals surface area (Å²) in [7, 11) is 0. The number of nitrogens with one attached hydrogen (secondary N) is 1. The highest BCUT2D eigenvalue weighted by Crippen LogP contribution is 2.15. The number of hydrogen-bond acceptors (Lipinski definition) is 4. The van der Waals surface area contributed by atoms with Gasteiger partial charge < -0.3 is 10.2 Å². The Labute approximate surface area is 113 Å². The van der Waals surface area contributed by atoms with Crippen molar-refractivity contribution in [3.8, 4) is 0 Å². The van der Waals surface area contributed by atoms with Crippen LogP contribution >= 0.6 is 0 Å². The number of fused-ring (bicyclic) bond motifs is 1. The molecule has 1 saturated heterocycles. The van der Waals surface area contributed by atoms with Crippen LogP contribution in [0, 0.1) is 6.92 Å². The van der Waals surface area contributed by atoms with Gasteiger partial charge in [-0.3, -0.25) is 0 Å². The van der Waals surface area contributed by atoms with E-state index in [1.54, 1.807) is 0 Å². The van der Waals surface area contributed by atoms with Crippen molar-refractivity contribution < 1.29 is 0 Å². The van der Waals surface area contributed by atoms with Gasteiger partial charge >= 0.3 is 0 Å². The molecule has 5 nitrogen and oxygen atoms in total. The molecular formula is C14H21N5. The van der Waals surface area contributed by atoms with Crippen LogP contribution in [0.2, 0.25) is 0 Å². The monoisotopic (exact) mass is 259 g/mol. The number of aromatic nitrogens is 3. The molecule has 2 aromatic heterocycles. The normalized spacial score (nSPS) is 18.0. The lowest BCUT2D eigenvalue weighted by atomic mass is 10.1. The van der Waals surface area contributed by atoms with Crippen LogP contribution in [0.4, 0.5) is 5.95 Å². The highest BCUT2D eigenvalue weighted by Gasteiger charge is 2.19. The maximum absolute atomic E-state index is 4.53. The molecule has 1 aliphatic heterocycles. The van der Waals surface area contributed by atoms with Gasteiger partial charge in [-0.05, 0) is 44.0 Å². The molecule has 19 heavy (non-hydrogen) atoms. The average molecular weight is 259 g/mol. The second-order valence-electron chi connectivity index (χ2n) is 5.30. The van der Waals surface area contributed by atoms with E-state index in [1.807, 2.05) is 16.8 Å². The molecule has 2 aromatic rings. The highest BCUT2D eigenvalue weighted by atomic mass is 15.3. The molecular weight excluding hydrogens is 238 g/mol. The molecule has 0 bridgehead atoms. The zero-order chi connectivity index (χ0) is 13.2. The molecule has 0 aliphatic carbocycles. The number of aryl methyl sites for hydroxylation is 1. The van der Waals surface area contributed by atoms with Crippen molar-refractivity contribution in [1.29, 1.82) is 0 Å². The molecule has 3 rings (SSSR count). The summed E-state index contributed by atoms with van der Waals surface area (Å²) in [6.07, 6.45) is 4.30. The highest BCUT2D eigenvalue weighted by molar-refractivity contribution is 5.45. The molecule has 0 saturated carbocycles. The number of likely N-dealkylation sites (tertiary alicyclic amines) is 1. The summed E-state index contributed by atoms with van der Waals surface area (Å²) < 4.78 is 1.83. The molecule has 1 N–H and O–H groups in total. The van der Waals surface area contributed by atoms with E-state index in [-0.39, 0.29) is 0 Å². The van der Waals surface area contributed by atoms with E-state index < -0.39 is 0 Å². The third kappa shape index (κ3) is 2.71. The van der Waals surface area contributed by atoms with Crippen molar-refractivity contribution in [2.24, 2.45) is 0 Å². The third-order valence-electron chi connectivity index (χ3n) is 3.86. The van der Waals surface area contributed by atoms with Gasteiger partial charge in [0.15, 0.2) is 5.65 Å². The van der Waals surface area contributed by atoms with Gasteiger partial charge in [-0.25, -0.2) is 4.52 Å². The lowest BCUT2D eigenvalue weighted by Gasteiger charge is -2.31. The number of nitrogens with zero attached hydrogens (tertiary/aromatic N) is 4. The fraction of sp³-hybridized carbons (Fsp3) is 0.571. The summed E-state index contributed by atoms with van der Waals surface area (Å²) in [4.78, 5) is 7.02. The first-order valence-electron chi connectivity index (χ1n) is 7.06. The largest absolute Gasteiger partial charge is 0.350 e. The van der Waals surface area contributed by atoms with Crippen LogP contribution in [0.3, 0.4) is 0 Å². The van der Waals surface area contributed by atoms with Gasteiger partial charge in [0, 0.05) is 25.3 Å². The Morgan fingerprint density at radius 1 is 1.37 bits per heavy atom. The van der Waals surface area contributed by atoms with E-state index in [0.717, 1.165) is 18.1 Å². The van der Waals surface area contributed by atoms with Crippen LogP contribution in [0.1, 0.15) is 25.3 Å². The van der Waals surface area contributed by atoms with E-state index in [4.69, 9.17) is 0 Å². The smallest absolute Gasteiger partial charge is 0.243 e. The van der Waals surface area contributed by atoms with Gasteiger partial charge in [-0.1, -0.05) is 6.92 Å². The molecule has 0 spiro atoms. The number of hydrogen-bond donors (Lipinski definition) is 1. The van der Waals surface area contributed by atoms with Gasteiger partial charge in [0.1, 0.15) is 0 Å². The summed E-state index contributed by atoms with van der Waals surface area (Å²) in [5, 5.41) is 7.93. The van der Waals surface area contributed by atoms with Gasteiger partial charge in [0.2, 0.25) is 5.95 Å². The lowest BCUT2D eigenvalue weighted by molar-refractivity contribution is 0.229. The number of rotatable bonds is 3. The van der Waals surface area contributed by atoms with Gasteiger partial charge in [0.05, 0.1) is 0 Å². The Balaban J connectivity index is 1.68. The topological polar surface area (TPSA) is 45.5 Å². The van der Waals surface area contributed by atoms with Crippen molar-refractivity contribution in [3.05, 3.63) is 23.9 Å². The second-order valence-corrected chi connectivity index (χ2v) is 5.30. The number of piperidine rings is 1.